The molecule has 0 atom stereocenters. The maximum Gasteiger partial charge on any atom is 0.127 e. The summed E-state index contributed by atoms with van der Waals surface area (Å²) in [6.07, 6.45) is 0. The van der Waals surface area contributed by atoms with E-state index in [9.17, 15) is 0 Å². The maximum atomic E-state index is 6.12. The molecular weight excluding hydrogens is 318 g/mol. The predicted molar refractivity (Wildman–Crippen MR) is 100 cm³/mol. The molecule has 0 saturated carbocycles. The van der Waals surface area contributed by atoms with Crippen LogP contribution in [0.15, 0.2) is 72.8 Å². The monoisotopic (exact) mass is 337 g/mol. The fourth-order valence-corrected chi connectivity index (χ4v) is 3.13. The number of hydrogen-bond donors (Lipinski definition) is 1. The smallest absolute Gasteiger partial charge is 0.127 e. The summed E-state index contributed by atoms with van der Waals surface area (Å²) >= 11 is 0. The van der Waals surface area contributed by atoms with Crippen molar-refractivity contribution in [1.29, 1.82) is 0 Å². The van der Waals surface area contributed by atoms with Crippen molar-refractivity contribution in [1.82, 2.24) is 5.32 Å². The van der Waals surface area contributed by atoms with Crippen LogP contribution in [0.1, 0.15) is 16.7 Å². The second-order valence-electron chi connectivity index (χ2n) is 5.82. The number of ether oxygens (including phenoxy) is 1. The highest BCUT2D eigenvalue weighted by atomic mass is 35.5. The van der Waals surface area contributed by atoms with Gasteiger partial charge >= 0.3 is 0 Å². The molecule has 2 nitrogen and oxygen atoms in total. The van der Waals surface area contributed by atoms with Gasteiger partial charge in [0.2, 0.25) is 0 Å². The lowest BCUT2D eigenvalue weighted by molar-refractivity contribution is 0.307. The van der Waals surface area contributed by atoms with E-state index in [0.29, 0.717) is 6.61 Å². The van der Waals surface area contributed by atoms with Crippen molar-refractivity contribution >= 4 is 12.4 Å². The van der Waals surface area contributed by atoms with Crippen LogP contribution >= 0.6 is 12.4 Å². The molecular formula is C21H20ClNO. The van der Waals surface area contributed by atoms with Gasteiger partial charge in [-0.25, -0.2) is 0 Å². The molecule has 0 unspecified atom stereocenters. The molecule has 0 radical (unpaired) electrons. The van der Waals surface area contributed by atoms with Gasteiger partial charge in [0, 0.05) is 18.7 Å². The van der Waals surface area contributed by atoms with Crippen LogP contribution in [-0.2, 0) is 19.7 Å². The van der Waals surface area contributed by atoms with E-state index in [1.54, 1.807) is 0 Å². The van der Waals surface area contributed by atoms with E-state index < -0.39 is 0 Å². The summed E-state index contributed by atoms with van der Waals surface area (Å²) in [7, 11) is 0. The molecule has 1 N–H and O–H groups in total. The van der Waals surface area contributed by atoms with Crippen molar-refractivity contribution in [3.63, 3.8) is 0 Å². The van der Waals surface area contributed by atoms with Gasteiger partial charge in [0.15, 0.2) is 0 Å². The lowest BCUT2D eigenvalue weighted by Gasteiger charge is -2.14. The predicted octanol–water partition coefficient (Wildman–Crippen LogP) is 4.96. The van der Waals surface area contributed by atoms with E-state index in [4.69, 9.17) is 4.74 Å². The molecule has 4 rings (SSSR count). The summed E-state index contributed by atoms with van der Waals surface area (Å²) in [5, 5.41) is 3.43. The Morgan fingerprint density at radius 2 is 1.50 bits per heavy atom. The van der Waals surface area contributed by atoms with Crippen molar-refractivity contribution in [2.24, 2.45) is 0 Å². The second-order valence-corrected chi connectivity index (χ2v) is 5.82. The minimum atomic E-state index is 0. The average molecular weight is 338 g/mol. The van der Waals surface area contributed by atoms with Crippen LogP contribution in [0.2, 0.25) is 0 Å². The van der Waals surface area contributed by atoms with E-state index >= 15 is 0 Å². The minimum Gasteiger partial charge on any atom is -0.488 e. The third-order valence-electron chi connectivity index (χ3n) is 4.30. The maximum absolute atomic E-state index is 6.12. The largest absolute Gasteiger partial charge is 0.488 e. The highest BCUT2D eigenvalue weighted by Crippen LogP contribution is 2.35. The van der Waals surface area contributed by atoms with Crippen molar-refractivity contribution < 1.29 is 4.74 Å². The molecule has 1 heterocycles. The van der Waals surface area contributed by atoms with E-state index in [1.807, 2.05) is 24.3 Å². The third-order valence-corrected chi connectivity index (χ3v) is 4.30. The van der Waals surface area contributed by atoms with Crippen LogP contribution in [0.5, 0.6) is 5.75 Å². The summed E-state index contributed by atoms with van der Waals surface area (Å²) in [6.45, 7) is 2.47. The van der Waals surface area contributed by atoms with Gasteiger partial charge in [-0.1, -0.05) is 66.7 Å². The highest BCUT2D eigenvalue weighted by Gasteiger charge is 2.17. The van der Waals surface area contributed by atoms with E-state index in [2.05, 4.69) is 53.8 Å². The van der Waals surface area contributed by atoms with Crippen LogP contribution in [0.4, 0.5) is 0 Å². The molecule has 0 aliphatic carbocycles. The van der Waals surface area contributed by atoms with E-state index in [-0.39, 0.29) is 12.4 Å². The quantitative estimate of drug-likeness (QED) is 0.726. The zero-order valence-corrected chi connectivity index (χ0v) is 14.2. The van der Waals surface area contributed by atoms with Gasteiger partial charge in [0.25, 0.3) is 0 Å². The first-order valence-corrected chi connectivity index (χ1v) is 7.99. The first-order valence-electron chi connectivity index (χ1n) is 7.99. The minimum absolute atomic E-state index is 0. The number of benzene rings is 3. The van der Waals surface area contributed by atoms with Crippen molar-refractivity contribution in [3.8, 4) is 16.9 Å². The molecule has 0 fully saturated rings. The highest BCUT2D eigenvalue weighted by molar-refractivity contribution is 5.85. The molecule has 0 bridgehead atoms. The van der Waals surface area contributed by atoms with Gasteiger partial charge in [-0.15, -0.1) is 12.4 Å². The number of halogens is 1. The number of nitrogens with one attached hydrogen (secondary N) is 1. The SMILES string of the molecule is Cl.c1ccc(COc2ccccc2-c2cccc3c2CNC3)cc1. The van der Waals surface area contributed by atoms with Gasteiger partial charge in [-0.05, 0) is 28.3 Å². The molecule has 122 valence electrons. The lowest BCUT2D eigenvalue weighted by atomic mass is 9.96. The summed E-state index contributed by atoms with van der Waals surface area (Å²) in [5.74, 6) is 0.941. The van der Waals surface area contributed by atoms with Crippen molar-refractivity contribution in [2.45, 2.75) is 19.7 Å². The number of para-hydroxylation sites is 1. The summed E-state index contributed by atoms with van der Waals surface area (Å²) in [5.41, 5.74) is 6.41. The first-order chi connectivity index (χ1) is 11.4. The van der Waals surface area contributed by atoms with Gasteiger partial charge in [0.1, 0.15) is 12.4 Å². The van der Waals surface area contributed by atoms with E-state index in [1.165, 1.54) is 27.8 Å². The Labute approximate surface area is 148 Å². The molecule has 3 heteroatoms. The molecule has 0 aromatic heterocycles. The standard InChI is InChI=1S/C21H19NO.ClH/c1-2-7-16(8-3-1)15-23-21-12-5-4-10-19(21)18-11-6-9-17-13-22-14-20(17)18;/h1-12,22H,13-15H2;1H. The van der Waals surface area contributed by atoms with Crippen LogP contribution in [0, 0.1) is 0 Å². The molecule has 0 spiro atoms. The van der Waals surface area contributed by atoms with Crippen molar-refractivity contribution in [2.75, 3.05) is 0 Å². The Kier molecular flexibility index (Phi) is 5.19. The number of hydrogen-bond acceptors (Lipinski definition) is 2. The fourth-order valence-electron chi connectivity index (χ4n) is 3.13. The zero-order valence-electron chi connectivity index (χ0n) is 13.4. The topological polar surface area (TPSA) is 21.3 Å². The molecule has 24 heavy (non-hydrogen) atoms. The van der Waals surface area contributed by atoms with Gasteiger partial charge < -0.3 is 10.1 Å². The third kappa shape index (κ3) is 3.30. The Morgan fingerprint density at radius 3 is 2.38 bits per heavy atom. The normalized spacial score (nSPS) is 12.3. The Hall–Kier alpha value is -2.29. The molecule has 0 amide bonds. The second kappa shape index (κ2) is 7.52. The van der Waals surface area contributed by atoms with Crippen LogP contribution < -0.4 is 10.1 Å². The number of fused-ring (bicyclic) bond motifs is 1. The lowest BCUT2D eigenvalue weighted by Crippen LogP contribution is -2.01. The average Bonchev–Trinajstić information content (AvgIpc) is 3.10. The Bertz CT molecular complexity index is 817. The van der Waals surface area contributed by atoms with Crippen LogP contribution in [0.25, 0.3) is 11.1 Å². The number of rotatable bonds is 4. The molecule has 3 aromatic carbocycles. The van der Waals surface area contributed by atoms with Gasteiger partial charge in [-0.2, -0.15) is 0 Å². The van der Waals surface area contributed by atoms with Crippen LogP contribution in [0.3, 0.4) is 0 Å². The van der Waals surface area contributed by atoms with E-state index in [0.717, 1.165) is 18.8 Å². The molecule has 3 aromatic rings. The zero-order chi connectivity index (χ0) is 15.5. The summed E-state index contributed by atoms with van der Waals surface area (Å²) < 4.78 is 6.12. The molecule has 1 aliphatic rings. The Balaban J connectivity index is 0.00000169. The summed E-state index contributed by atoms with van der Waals surface area (Å²) in [6, 6.07) is 25.1. The van der Waals surface area contributed by atoms with Gasteiger partial charge in [-0.3, -0.25) is 0 Å². The molecule has 0 saturated heterocycles. The Morgan fingerprint density at radius 1 is 0.750 bits per heavy atom. The summed E-state index contributed by atoms with van der Waals surface area (Å²) in [4.78, 5) is 0. The fraction of sp³-hybridized carbons (Fsp3) is 0.143. The molecule has 1 aliphatic heterocycles. The first kappa shape index (κ1) is 16.6. The van der Waals surface area contributed by atoms with Crippen molar-refractivity contribution in [3.05, 3.63) is 89.5 Å². The van der Waals surface area contributed by atoms with Crippen LogP contribution in [-0.4, -0.2) is 0 Å². The van der Waals surface area contributed by atoms with Gasteiger partial charge in [0.05, 0.1) is 0 Å².